The maximum Gasteiger partial charge on any atom is 0.308 e. The average Bonchev–Trinajstić information content (AvgIpc) is 2.48. The van der Waals surface area contributed by atoms with Gasteiger partial charge in [-0.25, -0.2) is 0 Å². The Morgan fingerprint density at radius 3 is 1.95 bits per heavy atom. The molecule has 132 valence electrons. The third-order valence-electron chi connectivity index (χ3n) is 2.52. The van der Waals surface area contributed by atoms with Crippen LogP contribution in [0.2, 0.25) is 0 Å². The van der Waals surface area contributed by atoms with Crippen LogP contribution in [0.4, 0.5) is 0 Å². The maximum atomic E-state index is 10.9. The predicted molar refractivity (Wildman–Crippen MR) is 85.0 cm³/mol. The van der Waals surface area contributed by atoms with Gasteiger partial charge in [0.25, 0.3) is 0 Å². The van der Waals surface area contributed by atoms with Gasteiger partial charge in [0, 0.05) is 13.2 Å². The van der Waals surface area contributed by atoms with Crippen LogP contribution in [-0.2, 0) is 23.8 Å². The molecule has 0 heterocycles. The van der Waals surface area contributed by atoms with Crippen molar-refractivity contribution in [3.05, 3.63) is 0 Å². The second-order valence-electron chi connectivity index (χ2n) is 4.63. The summed E-state index contributed by atoms with van der Waals surface area (Å²) in [7, 11) is 0. The summed E-state index contributed by atoms with van der Waals surface area (Å²) in [6.45, 7) is 8.74. The van der Waals surface area contributed by atoms with Gasteiger partial charge in [-0.3, -0.25) is 9.59 Å². The molecule has 0 aliphatic carbocycles. The van der Waals surface area contributed by atoms with Gasteiger partial charge in [0.2, 0.25) is 0 Å². The minimum absolute atomic E-state index is 0.115. The highest BCUT2D eigenvalue weighted by Gasteiger charge is 2.00. The molecule has 0 aliphatic rings. The van der Waals surface area contributed by atoms with Gasteiger partial charge in [0.05, 0.1) is 32.7 Å². The number of carboxylic acid groups (broad SMARTS) is 1. The van der Waals surface area contributed by atoms with Crippen molar-refractivity contribution in [3.63, 3.8) is 0 Å². The van der Waals surface area contributed by atoms with Crippen LogP contribution in [0.25, 0.3) is 0 Å². The van der Waals surface area contributed by atoms with E-state index in [1.165, 1.54) is 0 Å². The fourth-order valence-electron chi connectivity index (χ4n) is 1.21. The monoisotopic (exact) mass is 320 g/mol. The topological polar surface area (TPSA) is 82.1 Å². The molecule has 0 saturated carbocycles. The van der Waals surface area contributed by atoms with Crippen molar-refractivity contribution in [2.24, 2.45) is 0 Å². The van der Waals surface area contributed by atoms with E-state index in [4.69, 9.17) is 19.3 Å². The number of aliphatic carboxylic acids is 1. The number of carbonyl (C=O) groups excluding carboxylic acids is 1. The molecule has 0 aromatic heterocycles. The number of esters is 1. The fraction of sp³-hybridized carbons (Fsp3) is 0.875. The molecule has 6 heteroatoms. The summed E-state index contributed by atoms with van der Waals surface area (Å²) in [4.78, 5) is 20.8. The summed E-state index contributed by atoms with van der Waals surface area (Å²) < 4.78 is 14.9. The third-order valence-corrected chi connectivity index (χ3v) is 2.52. The highest BCUT2D eigenvalue weighted by Crippen LogP contribution is 1.92. The summed E-state index contributed by atoms with van der Waals surface area (Å²) in [5.41, 5.74) is 0. The summed E-state index contributed by atoms with van der Waals surface area (Å²) in [5, 5.41) is 8.19. The van der Waals surface area contributed by atoms with Gasteiger partial charge in [-0.05, 0) is 19.8 Å². The largest absolute Gasteiger partial charge is 0.481 e. The summed E-state index contributed by atoms with van der Waals surface area (Å²) in [6.07, 6.45) is 4.59. The molecule has 0 radical (unpaired) electrons. The number of hydrogen-bond donors (Lipinski definition) is 1. The Morgan fingerprint density at radius 1 is 0.818 bits per heavy atom. The third kappa shape index (κ3) is 23.9. The molecule has 0 aliphatic heterocycles. The van der Waals surface area contributed by atoms with E-state index in [9.17, 15) is 9.59 Å². The fourth-order valence-corrected chi connectivity index (χ4v) is 1.21. The zero-order chi connectivity index (χ0) is 17.1. The van der Waals surface area contributed by atoms with E-state index in [0.29, 0.717) is 39.5 Å². The molecule has 0 rings (SSSR count). The molecule has 0 bridgehead atoms. The van der Waals surface area contributed by atoms with Crippen LogP contribution in [0, 0.1) is 0 Å². The lowest BCUT2D eigenvalue weighted by molar-refractivity contribution is -0.145. The Balaban J connectivity index is 0. The van der Waals surface area contributed by atoms with Crippen molar-refractivity contribution < 1.29 is 28.9 Å². The molecule has 0 amide bonds. The van der Waals surface area contributed by atoms with Crippen LogP contribution >= 0.6 is 0 Å². The number of carbonyl (C=O) groups is 2. The van der Waals surface area contributed by atoms with E-state index < -0.39 is 5.97 Å². The van der Waals surface area contributed by atoms with Gasteiger partial charge in [0.15, 0.2) is 0 Å². The molecule has 0 unspecified atom stereocenters. The van der Waals surface area contributed by atoms with Crippen molar-refractivity contribution in [1.82, 2.24) is 0 Å². The maximum absolute atomic E-state index is 10.9. The van der Waals surface area contributed by atoms with Crippen LogP contribution in [0.3, 0.4) is 0 Å². The minimum Gasteiger partial charge on any atom is -0.481 e. The van der Waals surface area contributed by atoms with E-state index in [1.807, 2.05) is 6.92 Å². The summed E-state index contributed by atoms with van der Waals surface area (Å²) >= 11 is 0. The number of rotatable bonds is 13. The lowest BCUT2D eigenvalue weighted by Gasteiger charge is -2.03. The highest BCUT2D eigenvalue weighted by atomic mass is 16.5. The molecule has 0 atom stereocenters. The van der Waals surface area contributed by atoms with E-state index in [-0.39, 0.29) is 12.4 Å². The van der Waals surface area contributed by atoms with Gasteiger partial charge in [-0.2, -0.15) is 0 Å². The zero-order valence-electron chi connectivity index (χ0n) is 14.3. The normalized spacial score (nSPS) is 9.77. The second-order valence-corrected chi connectivity index (χ2v) is 4.63. The van der Waals surface area contributed by atoms with E-state index >= 15 is 0 Å². The Morgan fingerprint density at radius 2 is 1.41 bits per heavy atom. The molecule has 0 saturated heterocycles. The first-order valence-electron chi connectivity index (χ1n) is 8.11. The predicted octanol–water partition coefficient (Wildman–Crippen LogP) is 3.03. The quantitative estimate of drug-likeness (QED) is 0.415. The van der Waals surface area contributed by atoms with Gasteiger partial charge >= 0.3 is 11.9 Å². The van der Waals surface area contributed by atoms with Gasteiger partial charge < -0.3 is 19.3 Å². The Bertz CT molecular complexity index is 243. The van der Waals surface area contributed by atoms with Crippen molar-refractivity contribution in [2.75, 3.05) is 33.0 Å². The molecule has 1 N–H and O–H groups in total. The molecule has 0 spiro atoms. The first-order chi connectivity index (χ1) is 10.6. The number of hydrogen-bond acceptors (Lipinski definition) is 5. The van der Waals surface area contributed by atoms with E-state index in [0.717, 1.165) is 25.7 Å². The number of carboxylic acids is 1. The molecule has 0 fully saturated rings. The van der Waals surface area contributed by atoms with Crippen molar-refractivity contribution in [1.29, 1.82) is 0 Å². The molecule has 22 heavy (non-hydrogen) atoms. The van der Waals surface area contributed by atoms with Crippen molar-refractivity contribution in [2.45, 2.75) is 59.3 Å². The average molecular weight is 320 g/mol. The minimum atomic E-state index is -0.795. The molecule has 0 aromatic rings. The Hall–Kier alpha value is -1.14. The lowest BCUT2D eigenvalue weighted by Crippen LogP contribution is -2.09. The van der Waals surface area contributed by atoms with Crippen LogP contribution in [0.15, 0.2) is 0 Å². The van der Waals surface area contributed by atoms with Crippen molar-refractivity contribution in [3.8, 4) is 0 Å². The molecular formula is C16H32O6. The standard InChI is InChI=1S/C9H18O3.C7H14O3/c1-3-5-7-12-9(10)6-8-11-4-2;1-2-3-5-10-6-4-7(8)9/h3-8H2,1-2H3;2-6H2,1H3,(H,8,9). The lowest BCUT2D eigenvalue weighted by atomic mass is 10.4. The van der Waals surface area contributed by atoms with Crippen LogP contribution in [0.5, 0.6) is 0 Å². The van der Waals surface area contributed by atoms with Crippen LogP contribution < -0.4 is 0 Å². The second kappa shape index (κ2) is 19.9. The summed E-state index contributed by atoms with van der Waals surface area (Å²) in [6, 6.07) is 0. The van der Waals surface area contributed by atoms with Gasteiger partial charge in [-0.1, -0.05) is 26.7 Å². The van der Waals surface area contributed by atoms with Gasteiger partial charge in [0.1, 0.15) is 0 Å². The van der Waals surface area contributed by atoms with E-state index in [2.05, 4.69) is 13.8 Å². The zero-order valence-corrected chi connectivity index (χ0v) is 14.3. The number of unbranched alkanes of at least 4 members (excludes halogenated alkanes) is 2. The number of ether oxygens (including phenoxy) is 3. The highest BCUT2D eigenvalue weighted by molar-refractivity contribution is 5.69. The van der Waals surface area contributed by atoms with Gasteiger partial charge in [-0.15, -0.1) is 0 Å². The van der Waals surface area contributed by atoms with E-state index in [1.54, 1.807) is 0 Å². The van der Waals surface area contributed by atoms with Crippen molar-refractivity contribution >= 4 is 11.9 Å². The Kier molecular flexibility index (Phi) is 20.9. The Labute approximate surface area is 134 Å². The SMILES string of the molecule is CCCCOC(=O)CCOCC.CCCCOCCC(=O)O. The summed E-state index contributed by atoms with van der Waals surface area (Å²) in [5.74, 6) is -0.951. The molecule has 0 aromatic carbocycles. The van der Waals surface area contributed by atoms with Crippen LogP contribution in [-0.4, -0.2) is 50.1 Å². The molecule has 6 nitrogen and oxygen atoms in total. The first-order valence-corrected chi connectivity index (χ1v) is 8.11. The molecular weight excluding hydrogens is 288 g/mol. The first kappa shape index (κ1) is 23.1. The smallest absolute Gasteiger partial charge is 0.308 e. The van der Waals surface area contributed by atoms with Crippen LogP contribution in [0.1, 0.15) is 59.3 Å².